The summed E-state index contributed by atoms with van der Waals surface area (Å²) in [6.45, 7) is 0.920. The first-order chi connectivity index (χ1) is 17.5. The lowest BCUT2D eigenvalue weighted by atomic mass is 9.78. The van der Waals surface area contributed by atoms with E-state index in [4.69, 9.17) is 0 Å². The van der Waals surface area contributed by atoms with Crippen LogP contribution in [0.2, 0.25) is 0 Å². The smallest absolute Gasteiger partial charge is 0.229 e. The molecule has 2 aromatic rings. The van der Waals surface area contributed by atoms with E-state index < -0.39 is 19.9 Å². The van der Waals surface area contributed by atoms with Gasteiger partial charge >= 0.3 is 0 Å². The molecule has 4 aliphatic rings. The molecule has 2 aliphatic heterocycles. The second kappa shape index (κ2) is 8.57. The van der Waals surface area contributed by atoms with Crippen LogP contribution in [0.3, 0.4) is 0 Å². The molecule has 0 radical (unpaired) electrons. The van der Waals surface area contributed by atoms with Gasteiger partial charge in [-0.25, -0.2) is 21.2 Å². The molecule has 2 aromatic carbocycles. The number of nitrogens with one attached hydrogen (secondary N) is 2. The number of hydrogen-bond donors (Lipinski definition) is 3. The Bertz CT molecular complexity index is 1550. The minimum atomic E-state index is -3.92. The van der Waals surface area contributed by atoms with E-state index in [0.29, 0.717) is 41.9 Å². The second-order valence-corrected chi connectivity index (χ2v) is 14.0. The molecule has 2 aliphatic carbocycles. The molecule has 0 aromatic heterocycles. The lowest BCUT2D eigenvalue weighted by Gasteiger charge is -2.44. The van der Waals surface area contributed by atoms with Gasteiger partial charge < -0.3 is 10.4 Å². The lowest BCUT2D eigenvalue weighted by Crippen LogP contribution is -2.49. The predicted molar refractivity (Wildman–Crippen MR) is 138 cm³/mol. The van der Waals surface area contributed by atoms with Crippen LogP contribution in [-0.2, 0) is 26.4 Å². The molecule has 6 rings (SSSR count). The highest BCUT2D eigenvalue weighted by molar-refractivity contribution is 7.94. The van der Waals surface area contributed by atoms with Crippen LogP contribution in [0.4, 0.5) is 15.8 Å². The molecule has 2 fully saturated rings. The molecule has 3 N–H and O–H groups in total. The summed E-state index contributed by atoms with van der Waals surface area (Å²) in [4.78, 5) is 2.25. The monoisotopic (exact) mass is 545 g/mol. The number of aliphatic hydroxyl groups excluding tert-OH is 1. The van der Waals surface area contributed by atoms with E-state index in [1.165, 1.54) is 30.3 Å². The van der Waals surface area contributed by atoms with Gasteiger partial charge in [0.25, 0.3) is 0 Å². The van der Waals surface area contributed by atoms with Crippen LogP contribution in [0.25, 0.3) is 0 Å². The number of sulfone groups is 1. The average Bonchev–Trinajstić information content (AvgIpc) is 3.44. The molecule has 196 valence electrons. The first-order valence-electron chi connectivity index (χ1n) is 12.2. The van der Waals surface area contributed by atoms with E-state index >= 15 is 0 Å². The number of fused-ring (bicyclic) bond motifs is 6. The highest BCUT2D eigenvalue weighted by atomic mass is 32.2. The van der Waals surface area contributed by atoms with Gasteiger partial charge in [-0.05, 0) is 67.0 Å². The van der Waals surface area contributed by atoms with Crippen LogP contribution in [0, 0.1) is 23.6 Å². The van der Waals surface area contributed by atoms with Crippen molar-refractivity contribution in [3.05, 3.63) is 76.3 Å². The van der Waals surface area contributed by atoms with Gasteiger partial charge in [0.1, 0.15) is 11.6 Å². The number of aliphatic hydroxyl groups is 1. The molecule has 0 spiro atoms. The lowest BCUT2D eigenvalue weighted by molar-refractivity contribution is 0.0704. The minimum absolute atomic E-state index is 0.0400. The Hall–Kier alpha value is -2.89. The van der Waals surface area contributed by atoms with E-state index in [9.17, 15) is 26.3 Å². The van der Waals surface area contributed by atoms with Crippen LogP contribution in [-0.4, -0.2) is 45.7 Å². The van der Waals surface area contributed by atoms with E-state index in [1.807, 2.05) is 0 Å². The molecule has 37 heavy (non-hydrogen) atoms. The van der Waals surface area contributed by atoms with Crippen molar-refractivity contribution in [3.63, 3.8) is 0 Å². The molecule has 2 bridgehead atoms. The number of anilines is 2. The molecule has 0 amide bonds. The Labute approximate surface area is 215 Å². The molecule has 4 atom stereocenters. The maximum absolute atomic E-state index is 13.5. The summed E-state index contributed by atoms with van der Waals surface area (Å²) in [7, 11) is -7.49. The van der Waals surface area contributed by atoms with Gasteiger partial charge in [0.2, 0.25) is 19.9 Å². The van der Waals surface area contributed by atoms with Crippen molar-refractivity contribution in [1.82, 2.24) is 4.90 Å². The van der Waals surface area contributed by atoms with E-state index in [2.05, 4.69) is 14.9 Å². The van der Waals surface area contributed by atoms with Gasteiger partial charge in [-0.1, -0.05) is 12.1 Å². The summed E-state index contributed by atoms with van der Waals surface area (Å²) in [5.41, 5.74) is 2.29. The van der Waals surface area contributed by atoms with Gasteiger partial charge in [-0.3, -0.25) is 9.62 Å². The third-order valence-electron chi connectivity index (χ3n) is 8.04. The van der Waals surface area contributed by atoms with Crippen LogP contribution in [0.1, 0.15) is 24.8 Å². The molecule has 8 nitrogen and oxygen atoms in total. The fraction of sp³-hybridized carbons (Fsp3) is 0.385. The van der Waals surface area contributed by atoms with Crippen molar-refractivity contribution in [2.45, 2.75) is 36.7 Å². The Morgan fingerprint density at radius 1 is 1.14 bits per heavy atom. The molecule has 0 saturated heterocycles. The standard InChI is InChI=1S/C26H28FN3O5S2/c1-36(32,33)29-19-8-9-21-23(11-19)37(34,35)14-22(28-21)20-13-30(12-15-2-6-18(27)7-3-15)25-17-5-4-16(10-17)24(25)26(20)31/h2-3,6-9,11,14,16-17,24-25,28-29,31H,4-5,10,12-13H2,1H3/t16-,17+,24?,25?/m1/s1. The van der Waals surface area contributed by atoms with Gasteiger partial charge in [-0.2, -0.15) is 0 Å². The van der Waals surface area contributed by atoms with Gasteiger partial charge in [0.05, 0.1) is 27.9 Å². The van der Waals surface area contributed by atoms with Crippen LogP contribution < -0.4 is 10.0 Å². The molecule has 2 heterocycles. The number of benzene rings is 2. The molecule has 2 unspecified atom stereocenters. The molecule has 2 saturated carbocycles. The van der Waals surface area contributed by atoms with Crippen LogP contribution in [0.5, 0.6) is 0 Å². The SMILES string of the molecule is CS(=O)(=O)Nc1ccc2c(c1)S(=O)(=O)C=C(C1=C(O)C3C([C@H]4CC[C@@H]3C4)N(Cc3ccc(F)cc3)C1)N2. The van der Waals surface area contributed by atoms with Crippen LogP contribution in [0.15, 0.2) is 69.8 Å². The Morgan fingerprint density at radius 3 is 2.59 bits per heavy atom. The van der Waals surface area contributed by atoms with E-state index in [-0.39, 0.29) is 34.1 Å². The zero-order valence-electron chi connectivity index (χ0n) is 20.2. The first kappa shape index (κ1) is 24.4. The Kier molecular flexibility index (Phi) is 5.66. The number of sulfonamides is 1. The number of hydrogen-bond acceptors (Lipinski definition) is 7. The minimum Gasteiger partial charge on any atom is -0.512 e. The third kappa shape index (κ3) is 4.42. The van der Waals surface area contributed by atoms with Crippen molar-refractivity contribution < 1.29 is 26.3 Å². The fourth-order valence-electron chi connectivity index (χ4n) is 6.65. The van der Waals surface area contributed by atoms with E-state index in [0.717, 1.165) is 36.5 Å². The van der Waals surface area contributed by atoms with Crippen molar-refractivity contribution >= 4 is 31.2 Å². The third-order valence-corrected chi connectivity index (χ3v) is 10.1. The fourth-order valence-corrected chi connectivity index (χ4v) is 8.56. The number of rotatable bonds is 5. The van der Waals surface area contributed by atoms with E-state index in [1.54, 1.807) is 12.1 Å². The summed E-state index contributed by atoms with van der Waals surface area (Å²) < 4.78 is 65.5. The van der Waals surface area contributed by atoms with Crippen molar-refractivity contribution in [1.29, 1.82) is 0 Å². The number of halogens is 1. The van der Waals surface area contributed by atoms with Gasteiger partial charge in [0, 0.05) is 36.3 Å². The van der Waals surface area contributed by atoms with Crippen LogP contribution >= 0.6 is 0 Å². The van der Waals surface area contributed by atoms with Crippen molar-refractivity contribution in [2.75, 3.05) is 22.8 Å². The van der Waals surface area contributed by atoms with Gasteiger partial charge in [-0.15, -0.1) is 0 Å². The maximum atomic E-state index is 13.5. The maximum Gasteiger partial charge on any atom is 0.229 e. The zero-order chi connectivity index (χ0) is 26.1. The highest BCUT2D eigenvalue weighted by Gasteiger charge is 2.54. The summed E-state index contributed by atoms with van der Waals surface area (Å²) >= 11 is 0. The van der Waals surface area contributed by atoms with Gasteiger partial charge in [0.15, 0.2) is 0 Å². The number of nitrogens with zero attached hydrogens (tertiary/aromatic N) is 1. The first-order valence-corrected chi connectivity index (χ1v) is 15.7. The Morgan fingerprint density at radius 2 is 1.86 bits per heavy atom. The predicted octanol–water partition coefficient (Wildman–Crippen LogP) is 3.98. The summed E-state index contributed by atoms with van der Waals surface area (Å²) in [6, 6.07) is 10.9. The summed E-state index contributed by atoms with van der Waals surface area (Å²) in [6.07, 6.45) is 4.19. The highest BCUT2D eigenvalue weighted by Crippen LogP contribution is 2.55. The van der Waals surface area contributed by atoms with Crippen molar-refractivity contribution in [2.24, 2.45) is 17.8 Å². The summed E-state index contributed by atoms with van der Waals surface area (Å²) in [5, 5.41) is 15.8. The summed E-state index contributed by atoms with van der Waals surface area (Å²) in [5.74, 6) is 0.696. The Balaban J connectivity index is 1.37. The van der Waals surface area contributed by atoms with Crippen molar-refractivity contribution in [3.8, 4) is 0 Å². The zero-order valence-corrected chi connectivity index (χ0v) is 21.8. The molecular weight excluding hydrogens is 517 g/mol. The normalized spacial score (nSPS) is 28.3. The average molecular weight is 546 g/mol. The topological polar surface area (TPSA) is 116 Å². The largest absolute Gasteiger partial charge is 0.512 e. The molecular formula is C26H28FN3O5S2. The quantitative estimate of drug-likeness (QED) is 0.521. The second-order valence-electron chi connectivity index (χ2n) is 10.5. The molecule has 11 heteroatoms.